The molecule has 0 spiro atoms. The number of phenolic OH excluding ortho intramolecular Hbond substituents is 1. The van der Waals surface area contributed by atoms with Gasteiger partial charge in [0.15, 0.2) is 5.60 Å². The van der Waals surface area contributed by atoms with E-state index in [2.05, 4.69) is 0 Å². The summed E-state index contributed by atoms with van der Waals surface area (Å²) in [5.41, 5.74) is -0.705. The fraction of sp³-hybridized carbons (Fsp3) is 0.400. The first-order valence-electron chi connectivity index (χ1n) is 4.55. The molecule has 0 amide bonds. The SMILES string of the molecule is Oc1cccc2c1C1(O)CCOC1O2. The van der Waals surface area contributed by atoms with Crippen LogP contribution in [0.5, 0.6) is 11.5 Å². The second-order valence-corrected chi connectivity index (χ2v) is 3.65. The van der Waals surface area contributed by atoms with Gasteiger partial charge in [0.2, 0.25) is 6.29 Å². The van der Waals surface area contributed by atoms with Crippen LogP contribution in [0.3, 0.4) is 0 Å². The minimum Gasteiger partial charge on any atom is -0.507 e. The van der Waals surface area contributed by atoms with Crippen LogP contribution in [-0.2, 0) is 10.3 Å². The molecule has 2 aliphatic heterocycles. The zero-order valence-corrected chi connectivity index (χ0v) is 7.43. The number of fused-ring (bicyclic) bond motifs is 3. The van der Waals surface area contributed by atoms with Gasteiger partial charge in [-0.1, -0.05) is 6.07 Å². The van der Waals surface area contributed by atoms with Crippen molar-refractivity contribution in [2.75, 3.05) is 6.61 Å². The molecule has 0 radical (unpaired) electrons. The molecule has 4 nitrogen and oxygen atoms in total. The molecule has 2 heterocycles. The molecule has 1 aromatic rings. The number of aromatic hydroxyl groups is 1. The quantitative estimate of drug-likeness (QED) is 0.638. The second-order valence-electron chi connectivity index (χ2n) is 3.65. The Kier molecular flexibility index (Phi) is 1.39. The van der Waals surface area contributed by atoms with E-state index in [1.165, 1.54) is 0 Å². The summed E-state index contributed by atoms with van der Waals surface area (Å²) >= 11 is 0. The molecule has 0 aliphatic carbocycles. The molecule has 0 aromatic heterocycles. The van der Waals surface area contributed by atoms with Gasteiger partial charge >= 0.3 is 0 Å². The molecule has 2 aliphatic rings. The average Bonchev–Trinajstić information content (AvgIpc) is 2.59. The third kappa shape index (κ3) is 0.798. The maximum absolute atomic E-state index is 10.3. The van der Waals surface area contributed by atoms with Crippen LogP contribution in [0, 0.1) is 0 Å². The Morgan fingerprint density at radius 2 is 2.29 bits per heavy atom. The van der Waals surface area contributed by atoms with Crippen LogP contribution in [-0.4, -0.2) is 23.1 Å². The van der Waals surface area contributed by atoms with E-state index in [0.29, 0.717) is 24.3 Å². The van der Waals surface area contributed by atoms with Gasteiger partial charge < -0.3 is 19.7 Å². The zero-order chi connectivity index (χ0) is 9.76. The van der Waals surface area contributed by atoms with E-state index in [1.807, 2.05) is 0 Å². The van der Waals surface area contributed by atoms with E-state index in [-0.39, 0.29) is 5.75 Å². The standard InChI is InChI=1S/C10H10O4/c11-6-2-1-3-7-8(6)10(12)4-5-13-9(10)14-7/h1-3,9,11-12H,4-5H2. The minimum absolute atomic E-state index is 0.0676. The number of phenols is 1. The average molecular weight is 194 g/mol. The van der Waals surface area contributed by atoms with Crippen LogP contribution in [0.4, 0.5) is 0 Å². The van der Waals surface area contributed by atoms with Crippen molar-refractivity contribution in [2.24, 2.45) is 0 Å². The Hall–Kier alpha value is -1.26. The van der Waals surface area contributed by atoms with Gasteiger partial charge in [0.25, 0.3) is 0 Å². The van der Waals surface area contributed by atoms with E-state index in [9.17, 15) is 10.2 Å². The third-order valence-electron chi connectivity index (χ3n) is 2.81. The molecule has 4 heteroatoms. The van der Waals surface area contributed by atoms with Gasteiger partial charge in [-0.25, -0.2) is 0 Å². The summed E-state index contributed by atoms with van der Waals surface area (Å²) < 4.78 is 10.6. The number of hydrogen-bond donors (Lipinski definition) is 2. The van der Waals surface area contributed by atoms with Crippen LogP contribution in [0.25, 0.3) is 0 Å². The van der Waals surface area contributed by atoms with Gasteiger partial charge in [0, 0.05) is 6.42 Å². The predicted octanol–water partition coefficient (Wildman–Crippen LogP) is 0.719. The van der Waals surface area contributed by atoms with Crippen molar-refractivity contribution in [1.29, 1.82) is 0 Å². The van der Waals surface area contributed by atoms with Crippen molar-refractivity contribution in [1.82, 2.24) is 0 Å². The summed E-state index contributed by atoms with van der Waals surface area (Å²) in [6.07, 6.45) is -0.201. The maximum atomic E-state index is 10.3. The molecule has 3 rings (SSSR count). The molecule has 2 atom stereocenters. The number of ether oxygens (including phenoxy) is 2. The van der Waals surface area contributed by atoms with Crippen LogP contribution in [0.2, 0.25) is 0 Å². The van der Waals surface area contributed by atoms with Crippen LogP contribution in [0.1, 0.15) is 12.0 Å². The summed E-state index contributed by atoms with van der Waals surface area (Å²) in [4.78, 5) is 0. The molecule has 1 saturated heterocycles. The Bertz CT molecular complexity index is 390. The van der Waals surface area contributed by atoms with E-state index in [1.54, 1.807) is 18.2 Å². The molecule has 1 fully saturated rings. The lowest BCUT2D eigenvalue weighted by molar-refractivity contribution is -0.123. The van der Waals surface area contributed by atoms with Crippen molar-refractivity contribution in [3.63, 3.8) is 0 Å². The fourth-order valence-electron chi connectivity index (χ4n) is 2.12. The highest BCUT2D eigenvalue weighted by Gasteiger charge is 2.53. The lowest BCUT2D eigenvalue weighted by Crippen LogP contribution is -2.33. The van der Waals surface area contributed by atoms with Gasteiger partial charge in [0.1, 0.15) is 11.5 Å². The Balaban J connectivity index is 2.22. The van der Waals surface area contributed by atoms with Crippen molar-refractivity contribution >= 4 is 0 Å². The van der Waals surface area contributed by atoms with Crippen molar-refractivity contribution in [2.45, 2.75) is 18.3 Å². The molecule has 2 unspecified atom stereocenters. The molecular weight excluding hydrogens is 184 g/mol. The second kappa shape index (κ2) is 2.40. The smallest absolute Gasteiger partial charge is 0.233 e. The van der Waals surface area contributed by atoms with E-state index < -0.39 is 11.9 Å². The first kappa shape index (κ1) is 8.08. The highest BCUT2D eigenvalue weighted by atomic mass is 16.7. The fourth-order valence-corrected chi connectivity index (χ4v) is 2.12. The molecule has 2 N–H and O–H groups in total. The predicted molar refractivity (Wildman–Crippen MR) is 47.0 cm³/mol. The Morgan fingerprint density at radius 3 is 3.14 bits per heavy atom. The minimum atomic E-state index is -1.17. The van der Waals surface area contributed by atoms with Gasteiger partial charge in [-0.3, -0.25) is 0 Å². The monoisotopic (exact) mass is 194 g/mol. The molecule has 14 heavy (non-hydrogen) atoms. The topological polar surface area (TPSA) is 58.9 Å². The van der Waals surface area contributed by atoms with Gasteiger partial charge in [-0.05, 0) is 12.1 Å². The number of hydrogen-bond acceptors (Lipinski definition) is 4. The normalized spacial score (nSPS) is 33.6. The maximum Gasteiger partial charge on any atom is 0.233 e. The van der Waals surface area contributed by atoms with E-state index in [4.69, 9.17) is 9.47 Å². The Labute approximate surface area is 80.7 Å². The van der Waals surface area contributed by atoms with Gasteiger partial charge in [0.05, 0.1) is 12.2 Å². The summed E-state index contributed by atoms with van der Waals surface area (Å²) in [6, 6.07) is 4.94. The summed E-state index contributed by atoms with van der Waals surface area (Å²) in [5, 5.41) is 19.9. The largest absolute Gasteiger partial charge is 0.507 e. The highest BCUT2D eigenvalue weighted by molar-refractivity contribution is 5.51. The molecule has 0 bridgehead atoms. The van der Waals surface area contributed by atoms with Crippen LogP contribution in [0.15, 0.2) is 18.2 Å². The van der Waals surface area contributed by atoms with Crippen molar-refractivity contribution in [3.05, 3.63) is 23.8 Å². The lowest BCUT2D eigenvalue weighted by Gasteiger charge is -2.19. The first-order valence-corrected chi connectivity index (χ1v) is 4.55. The molecule has 0 saturated carbocycles. The number of benzene rings is 1. The molecule has 74 valence electrons. The van der Waals surface area contributed by atoms with Crippen LogP contribution >= 0.6 is 0 Å². The van der Waals surface area contributed by atoms with Crippen LogP contribution < -0.4 is 4.74 Å². The zero-order valence-electron chi connectivity index (χ0n) is 7.43. The molecular formula is C10H10O4. The van der Waals surface area contributed by atoms with Gasteiger partial charge in [-0.15, -0.1) is 0 Å². The third-order valence-corrected chi connectivity index (χ3v) is 2.81. The lowest BCUT2D eigenvalue weighted by atomic mass is 9.92. The van der Waals surface area contributed by atoms with Crippen molar-refractivity contribution in [3.8, 4) is 11.5 Å². The Morgan fingerprint density at radius 1 is 1.43 bits per heavy atom. The summed E-state index contributed by atoms with van der Waals surface area (Å²) in [5.74, 6) is 0.579. The van der Waals surface area contributed by atoms with Gasteiger partial charge in [-0.2, -0.15) is 0 Å². The van der Waals surface area contributed by atoms with Crippen molar-refractivity contribution < 1.29 is 19.7 Å². The summed E-state index contributed by atoms with van der Waals surface area (Å²) in [7, 11) is 0. The summed E-state index contributed by atoms with van der Waals surface area (Å²) in [6.45, 7) is 0.453. The number of rotatable bonds is 0. The highest BCUT2D eigenvalue weighted by Crippen LogP contribution is 2.50. The first-order chi connectivity index (χ1) is 6.72. The molecule has 1 aromatic carbocycles. The van der Waals surface area contributed by atoms with E-state index in [0.717, 1.165) is 0 Å². The number of aliphatic hydroxyl groups is 1. The van der Waals surface area contributed by atoms with E-state index >= 15 is 0 Å².